The van der Waals surface area contributed by atoms with Crippen molar-refractivity contribution in [2.75, 3.05) is 13.7 Å². The van der Waals surface area contributed by atoms with Crippen LogP contribution in [0.25, 0.3) is 11.0 Å². The fraction of sp³-hybridized carbons (Fsp3) is 0.357. The van der Waals surface area contributed by atoms with Crippen molar-refractivity contribution in [1.82, 2.24) is 9.55 Å². The van der Waals surface area contributed by atoms with Crippen LogP contribution in [0.1, 0.15) is 23.0 Å². The van der Waals surface area contributed by atoms with Crippen LogP contribution in [-0.2, 0) is 18.3 Å². The van der Waals surface area contributed by atoms with Gasteiger partial charge in [-0.1, -0.05) is 0 Å². The first-order valence-corrected chi connectivity index (χ1v) is 6.74. The zero-order valence-corrected chi connectivity index (χ0v) is 12.8. The van der Waals surface area contributed by atoms with E-state index in [1.807, 2.05) is 17.7 Å². The molecule has 2 aromatic rings. The van der Waals surface area contributed by atoms with Crippen molar-refractivity contribution in [3.05, 3.63) is 23.4 Å². The zero-order chi connectivity index (χ0) is 16.3. The highest BCUT2D eigenvalue weighted by molar-refractivity contribution is 6.04. The number of nitrogens with zero attached hydrogens (tertiary/aromatic N) is 3. The van der Waals surface area contributed by atoms with E-state index in [4.69, 9.17) is 20.9 Å². The van der Waals surface area contributed by atoms with Crippen molar-refractivity contribution >= 4 is 23.0 Å². The Labute approximate surface area is 127 Å². The summed E-state index contributed by atoms with van der Waals surface area (Å²) in [6.45, 7) is 2.17. The number of pyridine rings is 1. The van der Waals surface area contributed by atoms with Gasteiger partial charge in [-0.2, -0.15) is 0 Å². The van der Waals surface area contributed by atoms with Crippen molar-refractivity contribution in [3.8, 4) is 5.88 Å². The predicted octanol–water partition coefficient (Wildman–Crippen LogP) is 0.532. The molecule has 0 aliphatic rings. The lowest BCUT2D eigenvalue weighted by molar-refractivity contribution is 0.0527. The van der Waals surface area contributed by atoms with E-state index in [1.54, 1.807) is 13.0 Å². The molecule has 0 radical (unpaired) electrons. The average molecular weight is 305 g/mol. The maximum atomic E-state index is 12.3. The van der Waals surface area contributed by atoms with Crippen LogP contribution in [0.5, 0.6) is 5.88 Å². The average Bonchev–Trinajstić information content (AvgIpc) is 2.77. The van der Waals surface area contributed by atoms with Crippen molar-refractivity contribution in [1.29, 1.82) is 0 Å². The molecule has 0 atom stereocenters. The predicted molar refractivity (Wildman–Crippen MR) is 82.7 cm³/mol. The van der Waals surface area contributed by atoms with Gasteiger partial charge in [-0.25, -0.2) is 14.8 Å². The molecule has 2 heterocycles. The number of carbonyl (C=O) groups is 1. The van der Waals surface area contributed by atoms with Crippen LogP contribution in [0.4, 0.5) is 0 Å². The van der Waals surface area contributed by atoms with E-state index in [2.05, 4.69) is 9.98 Å². The fourth-order valence-electron chi connectivity index (χ4n) is 2.22. The summed E-state index contributed by atoms with van der Waals surface area (Å²) in [6.07, 6.45) is 0. The van der Waals surface area contributed by atoms with Crippen LogP contribution >= 0.6 is 0 Å². The number of ether oxygens (including phenoxy) is 2. The third-order valence-corrected chi connectivity index (χ3v) is 3.24. The molecule has 8 heteroatoms. The summed E-state index contributed by atoms with van der Waals surface area (Å²) in [5.41, 5.74) is 13.0. The van der Waals surface area contributed by atoms with Crippen LogP contribution in [0, 0.1) is 0 Å². The minimum absolute atomic E-state index is 0.0504. The monoisotopic (exact) mass is 305 g/mol. The number of guanidine groups is 1. The topological polar surface area (TPSA) is 118 Å². The van der Waals surface area contributed by atoms with E-state index in [-0.39, 0.29) is 19.1 Å². The lowest BCUT2D eigenvalue weighted by Gasteiger charge is -2.05. The van der Waals surface area contributed by atoms with E-state index >= 15 is 0 Å². The molecule has 0 unspecified atom stereocenters. The van der Waals surface area contributed by atoms with E-state index in [0.717, 1.165) is 5.52 Å². The second kappa shape index (κ2) is 6.33. The molecule has 0 fully saturated rings. The molecule has 0 aliphatic heterocycles. The van der Waals surface area contributed by atoms with Gasteiger partial charge in [0, 0.05) is 13.1 Å². The summed E-state index contributed by atoms with van der Waals surface area (Å²) in [5, 5.41) is 0. The number of hydrogen-bond donors (Lipinski definition) is 2. The Morgan fingerprint density at radius 2 is 2.14 bits per heavy atom. The molecule has 0 bridgehead atoms. The van der Waals surface area contributed by atoms with E-state index in [1.165, 1.54) is 7.11 Å². The number of hydrogen-bond acceptors (Lipinski definition) is 5. The molecule has 22 heavy (non-hydrogen) atoms. The van der Waals surface area contributed by atoms with Gasteiger partial charge in [0.05, 0.1) is 31.5 Å². The van der Waals surface area contributed by atoms with Crippen LogP contribution in [0.15, 0.2) is 17.1 Å². The molecule has 118 valence electrons. The molecule has 2 rings (SSSR count). The van der Waals surface area contributed by atoms with Crippen molar-refractivity contribution in [2.24, 2.45) is 23.5 Å². The smallest absolute Gasteiger partial charge is 0.342 e. The Morgan fingerprint density at radius 1 is 1.41 bits per heavy atom. The minimum atomic E-state index is -0.463. The standard InChI is InChI=1S/C14H19N5O3/c1-4-22-13(20)11-9(7-17-14(15)16)19(2)8-5-6-10(21-3)18-12(8)11/h5-6H,4,7H2,1-3H3,(H4,15,16,17). The zero-order valence-electron chi connectivity index (χ0n) is 12.8. The Balaban J connectivity index is 2.69. The van der Waals surface area contributed by atoms with Gasteiger partial charge in [-0.05, 0) is 13.0 Å². The van der Waals surface area contributed by atoms with Crippen molar-refractivity contribution in [3.63, 3.8) is 0 Å². The number of aryl methyl sites for hydroxylation is 1. The number of nitrogens with two attached hydrogens (primary N) is 2. The highest BCUT2D eigenvalue weighted by Gasteiger charge is 2.23. The summed E-state index contributed by atoms with van der Waals surface area (Å²) in [5.74, 6) is -0.0997. The second-order valence-corrected chi connectivity index (χ2v) is 4.56. The van der Waals surface area contributed by atoms with Crippen LogP contribution in [-0.4, -0.2) is 35.2 Å². The highest BCUT2D eigenvalue weighted by Crippen LogP contribution is 2.27. The second-order valence-electron chi connectivity index (χ2n) is 4.56. The number of carbonyl (C=O) groups excluding carboxylic acids is 1. The Morgan fingerprint density at radius 3 is 2.73 bits per heavy atom. The first kappa shape index (κ1) is 15.6. The van der Waals surface area contributed by atoms with Gasteiger partial charge >= 0.3 is 5.97 Å². The highest BCUT2D eigenvalue weighted by atomic mass is 16.5. The molecule has 0 saturated carbocycles. The molecule has 0 spiro atoms. The molecule has 4 N–H and O–H groups in total. The lowest BCUT2D eigenvalue weighted by Crippen LogP contribution is -2.23. The number of fused-ring (bicyclic) bond motifs is 1. The Hall–Kier alpha value is -2.77. The molecular formula is C14H19N5O3. The molecule has 0 saturated heterocycles. The van der Waals surface area contributed by atoms with Crippen molar-refractivity contribution in [2.45, 2.75) is 13.5 Å². The van der Waals surface area contributed by atoms with E-state index < -0.39 is 5.97 Å². The van der Waals surface area contributed by atoms with Gasteiger partial charge in [0.25, 0.3) is 0 Å². The Kier molecular flexibility index (Phi) is 4.50. The van der Waals surface area contributed by atoms with E-state index in [9.17, 15) is 4.79 Å². The van der Waals surface area contributed by atoms with Gasteiger partial charge in [-0.3, -0.25) is 0 Å². The van der Waals surface area contributed by atoms with Crippen molar-refractivity contribution < 1.29 is 14.3 Å². The van der Waals surface area contributed by atoms with Gasteiger partial charge in [0.15, 0.2) is 5.96 Å². The first-order valence-electron chi connectivity index (χ1n) is 6.74. The molecule has 0 aromatic carbocycles. The summed E-state index contributed by atoms with van der Waals surface area (Å²) in [7, 11) is 3.33. The number of aliphatic imine (C=N–C) groups is 1. The van der Waals surface area contributed by atoms with Crippen LogP contribution < -0.4 is 16.2 Å². The van der Waals surface area contributed by atoms with Gasteiger partial charge in [0.2, 0.25) is 5.88 Å². The Bertz CT molecular complexity index is 732. The summed E-state index contributed by atoms with van der Waals surface area (Å²) < 4.78 is 12.1. The summed E-state index contributed by atoms with van der Waals surface area (Å²) in [4.78, 5) is 20.6. The maximum absolute atomic E-state index is 12.3. The number of esters is 1. The quantitative estimate of drug-likeness (QED) is 0.472. The fourth-order valence-corrected chi connectivity index (χ4v) is 2.22. The number of aromatic nitrogens is 2. The lowest BCUT2D eigenvalue weighted by atomic mass is 10.2. The van der Waals surface area contributed by atoms with Crippen LogP contribution in [0.2, 0.25) is 0 Å². The molecule has 0 aliphatic carbocycles. The summed E-state index contributed by atoms with van der Waals surface area (Å²) >= 11 is 0. The number of rotatable bonds is 5. The molecule has 0 amide bonds. The number of methoxy groups -OCH3 is 1. The molecule has 8 nitrogen and oxygen atoms in total. The van der Waals surface area contributed by atoms with Crippen LogP contribution in [0.3, 0.4) is 0 Å². The van der Waals surface area contributed by atoms with E-state index in [0.29, 0.717) is 22.7 Å². The first-order chi connectivity index (χ1) is 10.5. The third kappa shape index (κ3) is 2.80. The van der Waals surface area contributed by atoms with Gasteiger partial charge < -0.3 is 25.5 Å². The normalized spacial score (nSPS) is 10.5. The molecular weight excluding hydrogens is 286 g/mol. The van der Waals surface area contributed by atoms with Gasteiger partial charge in [0.1, 0.15) is 11.1 Å². The minimum Gasteiger partial charge on any atom is -0.481 e. The molecule has 2 aromatic heterocycles. The third-order valence-electron chi connectivity index (χ3n) is 3.24. The summed E-state index contributed by atoms with van der Waals surface area (Å²) in [6, 6.07) is 3.55. The maximum Gasteiger partial charge on any atom is 0.342 e. The SMILES string of the molecule is CCOC(=O)c1c(CN=C(N)N)n(C)c2ccc(OC)nc12. The van der Waals surface area contributed by atoms with Gasteiger partial charge in [-0.15, -0.1) is 0 Å². The largest absolute Gasteiger partial charge is 0.481 e.